The Balaban J connectivity index is 1.95. The Kier molecular flexibility index (Phi) is 5.03. The molecule has 0 atom stereocenters. The molecule has 8 heteroatoms. The van der Waals surface area contributed by atoms with Crippen LogP contribution in [0.4, 0.5) is 9.39 Å². The van der Waals surface area contributed by atoms with E-state index in [1.165, 1.54) is 43.6 Å². The van der Waals surface area contributed by atoms with Crippen LogP contribution >= 0.6 is 11.3 Å². The summed E-state index contributed by atoms with van der Waals surface area (Å²) >= 11 is 1.23. The van der Waals surface area contributed by atoms with Crippen LogP contribution in [0.25, 0.3) is 0 Å². The maximum absolute atomic E-state index is 13.3. The van der Waals surface area contributed by atoms with E-state index in [2.05, 4.69) is 5.32 Å². The quantitative estimate of drug-likeness (QED) is 0.836. The number of carbonyl (C=O) groups excluding carboxylic acids is 3. The predicted molar refractivity (Wildman–Crippen MR) is 94.8 cm³/mol. The number of hydrogen-bond donors (Lipinski definition) is 1. The lowest BCUT2D eigenvalue weighted by Crippen LogP contribution is -2.33. The molecule has 3 rings (SSSR count). The number of nitrogens with zero attached hydrogens (tertiary/aromatic N) is 1. The lowest BCUT2D eigenvalue weighted by Gasteiger charge is -2.25. The lowest BCUT2D eigenvalue weighted by atomic mass is 10.0. The van der Waals surface area contributed by atoms with E-state index >= 15 is 0 Å². The molecule has 1 aromatic heterocycles. The number of ether oxygens (including phenoxy) is 1. The Bertz CT molecular complexity index is 893. The van der Waals surface area contributed by atoms with E-state index in [0.29, 0.717) is 30.1 Å². The third-order valence-electron chi connectivity index (χ3n) is 4.21. The van der Waals surface area contributed by atoms with E-state index in [9.17, 15) is 18.8 Å². The van der Waals surface area contributed by atoms with Crippen LogP contribution in [0.15, 0.2) is 24.3 Å². The van der Waals surface area contributed by atoms with E-state index in [1.54, 1.807) is 4.90 Å². The van der Waals surface area contributed by atoms with Crippen LogP contribution < -0.4 is 5.32 Å². The third kappa shape index (κ3) is 3.45. The zero-order valence-corrected chi connectivity index (χ0v) is 15.1. The van der Waals surface area contributed by atoms with Crippen LogP contribution in [0.5, 0.6) is 0 Å². The molecule has 1 aliphatic heterocycles. The first-order valence-corrected chi connectivity index (χ1v) is 8.77. The van der Waals surface area contributed by atoms with Gasteiger partial charge in [-0.3, -0.25) is 9.59 Å². The number of rotatable bonds is 3. The van der Waals surface area contributed by atoms with E-state index in [0.717, 1.165) is 16.5 Å². The molecular formula is C18H17FN2O4S. The average molecular weight is 376 g/mol. The highest BCUT2D eigenvalue weighted by Crippen LogP contribution is 2.37. The maximum atomic E-state index is 13.3. The molecule has 0 bridgehead atoms. The normalized spacial score (nSPS) is 13.1. The van der Waals surface area contributed by atoms with Crippen molar-refractivity contribution in [2.24, 2.45) is 0 Å². The summed E-state index contributed by atoms with van der Waals surface area (Å²) in [4.78, 5) is 38.8. The van der Waals surface area contributed by atoms with Gasteiger partial charge in [-0.15, -0.1) is 11.3 Å². The van der Waals surface area contributed by atoms with Gasteiger partial charge in [0.2, 0.25) is 5.91 Å². The van der Waals surface area contributed by atoms with Gasteiger partial charge in [0.1, 0.15) is 10.8 Å². The highest BCUT2D eigenvalue weighted by Gasteiger charge is 2.30. The smallest absolute Gasteiger partial charge is 0.341 e. The SMILES string of the molecule is COC(=O)c1c(NC(=O)c2cccc(F)c2)sc2c1CCN(C(C)=O)C2. The summed E-state index contributed by atoms with van der Waals surface area (Å²) < 4.78 is 18.2. The fourth-order valence-corrected chi connectivity index (χ4v) is 4.13. The number of nitrogens with one attached hydrogen (secondary N) is 1. The third-order valence-corrected chi connectivity index (χ3v) is 5.34. The first-order valence-electron chi connectivity index (χ1n) is 7.96. The fraction of sp³-hybridized carbons (Fsp3) is 0.278. The van der Waals surface area contributed by atoms with Gasteiger partial charge >= 0.3 is 5.97 Å². The van der Waals surface area contributed by atoms with Crippen LogP contribution in [0.2, 0.25) is 0 Å². The molecule has 1 N–H and O–H groups in total. The van der Waals surface area contributed by atoms with Gasteiger partial charge in [-0.2, -0.15) is 0 Å². The summed E-state index contributed by atoms with van der Waals surface area (Å²) in [5.41, 5.74) is 1.24. The molecule has 0 aliphatic carbocycles. The van der Waals surface area contributed by atoms with Crippen molar-refractivity contribution in [1.82, 2.24) is 4.90 Å². The summed E-state index contributed by atoms with van der Waals surface area (Å²) in [6.45, 7) is 2.38. The molecule has 2 heterocycles. The summed E-state index contributed by atoms with van der Waals surface area (Å²) in [6.07, 6.45) is 0.506. The van der Waals surface area contributed by atoms with Gasteiger partial charge in [-0.25, -0.2) is 9.18 Å². The number of hydrogen-bond acceptors (Lipinski definition) is 5. The molecule has 1 aliphatic rings. The Morgan fingerprint density at radius 3 is 2.73 bits per heavy atom. The van der Waals surface area contributed by atoms with Gasteiger partial charge in [0.05, 0.1) is 19.2 Å². The van der Waals surface area contributed by atoms with Crippen LogP contribution in [-0.2, 0) is 22.5 Å². The Morgan fingerprint density at radius 1 is 1.31 bits per heavy atom. The topological polar surface area (TPSA) is 75.7 Å². The summed E-state index contributed by atoms with van der Waals surface area (Å²) in [7, 11) is 1.27. The average Bonchev–Trinajstić information content (AvgIpc) is 2.97. The van der Waals surface area contributed by atoms with E-state index < -0.39 is 17.7 Å². The number of carbonyl (C=O) groups is 3. The summed E-state index contributed by atoms with van der Waals surface area (Å²) in [5, 5.41) is 3.03. The minimum Gasteiger partial charge on any atom is -0.465 e. The van der Waals surface area contributed by atoms with Crippen LogP contribution in [0.3, 0.4) is 0 Å². The Morgan fingerprint density at radius 2 is 2.08 bits per heavy atom. The molecule has 0 radical (unpaired) electrons. The molecule has 0 fully saturated rings. The fourth-order valence-electron chi connectivity index (χ4n) is 2.88. The first-order chi connectivity index (χ1) is 12.4. The van der Waals surface area contributed by atoms with Gasteiger partial charge in [0, 0.05) is 23.9 Å². The maximum Gasteiger partial charge on any atom is 0.341 e. The number of anilines is 1. The van der Waals surface area contributed by atoms with Crippen molar-refractivity contribution in [3.8, 4) is 0 Å². The molecule has 1 aromatic carbocycles. The van der Waals surface area contributed by atoms with Crippen molar-refractivity contribution in [1.29, 1.82) is 0 Å². The molecule has 2 aromatic rings. The highest BCUT2D eigenvalue weighted by atomic mass is 32.1. The van der Waals surface area contributed by atoms with E-state index in [4.69, 9.17) is 4.74 Å². The molecular weight excluding hydrogens is 359 g/mol. The van der Waals surface area contributed by atoms with Crippen molar-refractivity contribution < 1.29 is 23.5 Å². The van der Waals surface area contributed by atoms with Gasteiger partial charge in [-0.05, 0) is 30.2 Å². The molecule has 2 amide bonds. The molecule has 6 nitrogen and oxygen atoms in total. The number of thiophene rings is 1. The largest absolute Gasteiger partial charge is 0.465 e. The van der Waals surface area contributed by atoms with Crippen LogP contribution in [-0.4, -0.2) is 36.3 Å². The monoisotopic (exact) mass is 376 g/mol. The minimum atomic E-state index is -0.548. The van der Waals surface area contributed by atoms with E-state index in [1.807, 2.05) is 0 Å². The van der Waals surface area contributed by atoms with Gasteiger partial charge in [0.25, 0.3) is 5.91 Å². The zero-order chi connectivity index (χ0) is 18.8. The molecule has 136 valence electrons. The molecule has 0 spiro atoms. The van der Waals surface area contributed by atoms with Crippen molar-refractivity contribution in [2.45, 2.75) is 19.9 Å². The number of methoxy groups -OCH3 is 1. The number of benzene rings is 1. The van der Waals surface area contributed by atoms with Crippen molar-refractivity contribution in [2.75, 3.05) is 19.0 Å². The standard InChI is InChI=1S/C18H17FN2O4S/c1-10(22)21-7-6-13-14(9-21)26-17(15(13)18(24)25-2)20-16(23)11-4-3-5-12(19)8-11/h3-5,8H,6-7,9H2,1-2H3,(H,20,23). The number of fused-ring (bicyclic) bond motifs is 1. The number of amides is 2. The van der Waals surface area contributed by atoms with Gasteiger partial charge in [0.15, 0.2) is 0 Å². The van der Waals surface area contributed by atoms with Gasteiger partial charge < -0.3 is 15.0 Å². The van der Waals surface area contributed by atoms with Crippen molar-refractivity contribution in [3.63, 3.8) is 0 Å². The van der Waals surface area contributed by atoms with Gasteiger partial charge in [-0.1, -0.05) is 6.07 Å². The lowest BCUT2D eigenvalue weighted by molar-refractivity contribution is -0.129. The number of esters is 1. The Hall–Kier alpha value is -2.74. The molecule has 0 unspecified atom stereocenters. The number of halogens is 1. The summed E-state index contributed by atoms with van der Waals surface area (Å²) in [6, 6.07) is 5.30. The minimum absolute atomic E-state index is 0.0472. The highest BCUT2D eigenvalue weighted by molar-refractivity contribution is 7.17. The molecule has 0 saturated carbocycles. The molecule has 0 saturated heterocycles. The predicted octanol–water partition coefficient (Wildman–Crippen LogP) is 2.83. The second kappa shape index (κ2) is 7.25. The van der Waals surface area contributed by atoms with Crippen molar-refractivity contribution in [3.05, 3.63) is 51.7 Å². The zero-order valence-electron chi connectivity index (χ0n) is 14.3. The second-order valence-corrected chi connectivity index (χ2v) is 6.96. The first kappa shape index (κ1) is 18.1. The van der Waals surface area contributed by atoms with Crippen LogP contribution in [0, 0.1) is 5.82 Å². The molecule has 26 heavy (non-hydrogen) atoms. The van der Waals surface area contributed by atoms with Crippen molar-refractivity contribution >= 4 is 34.1 Å². The Labute approximate surface area is 153 Å². The second-order valence-electron chi connectivity index (χ2n) is 5.85. The van der Waals surface area contributed by atoms with E-state index in [-0.39, 0.29) is 11.5 Å². The van der Waals surface area contributed by atoms with Crippen LogP contribution in [0.1, 0.15) is 38.1 Å². The summed E-state index contributed by atoms with van der Waals surface area (Å²) in [5.74, 6) is -1.63.